The van der Waals surface area contributed by atoms with Gasteiger partial charge in [-0.05, 0) is 87.7 Å². The highest BCUT2D eigenvalue weighted by molar-refractivity contribution is 6.74. The highest BCUT2D eigenvalue weighted by Crippen LogP contribution is 2.38. The van der Waals surface area contributed by atoms with Crippen LogP contribution in [0.2, 0.25) is 18.1 Å². The van der Waals surface area contributed by atoms with Crippen LogP contribution in [0.3, 0.4) is 0 Å². The second kappa shape index (κ2) is 17.6. The Bertz CT molecular complexity index is 1120. The van der Waals surface area contributed by atoms with E-state index in [9.17, 15) is 5.11 Å². The number of ether oxygens (including phenoxy) is 5. The molecule has 3 rings (SSSR count). The number of rotatable bonds is 18. The van der Waals surface area contributed by atoms with E-state index in [1.807, 2.05) is 38.1 Å². The van der Waals surface area contributed by atoms with E-state index in [1.165, 1.54) is 5.57 Å². The molecule has 1 aromatic carbocycles. The summed E-state index contributed by atoms with van der Waals surface area (Å²) in [6, 6.07) is 7.97. The largest absolute Gasteiger partial charge is 0.497 e. The Kier molecular flexibility index (Phi) is 14.8. The number of benzene rings is 1. The van der Waals surface area contributed by atoms with E-state index in [0.29, 0.717) is 32.0 Å². The topological polar surface area (TPSA) is 75.6 Å². The minimum atomic E-state index is -2.04. The lowest BCUT2D eigenvalue weighted by molar-refractivity contribution is -0.157. The van der Waals surface area contributed by atoms with E-state index in [-0.39, 0.29) is 42.2 Å². The third-order valence-electron chi connectivity index (χ3n) is 9.36. The van der Waals surface area contributed by atoms with Crippen LogP contribution in [-0.4, -0.2) is 70.1 Å². The summed E-state index contributed by atoms with van der Waals surface area (Å²) in [5.41, 5.74) is 2.27. The van der Waals surface area contributed by atoms with Crippen LogP contribution in [-0.2, 0) is 30.0 Å². The van der Waals surface area contributed by atoms with E-state index >= 15 is 0 Å². The van der Waals surface area contributed by atoms with Gasteiger partial charge in [-0.25, -0.2) is 0 Å². The van der Waals surface area contributed by atoms with Gasteiger partial charge < -0.3 is 33.2 Å². The molecule has 2 aliphatic rings. The Morgan fingerprint density at radius 2 is 1.89 bits per heavy atom. The lowest BCUT2D eigenvalue weighted by Crippen LogP contribution is -2.43. The van der Waals surface area contributed by atoms with E-state index in [2.05, 4.69) is 71.7 Å². The second-order valence-electron chi connectivity index (χ2n) is 15.1. The molecule has 0 spiro atoms. The molecule has 260 valence electrons. The first-order chi connectivity index (χ1) is 21.6. The molecule has 0 amide bonds. The third-order valence-corrected chi connectivity index (χ3v) is 13.9. The first-order valence-corrected chi connectivity index (χ1v) is 20.0. The van der Waals surface area contributed by atoms with Crippen molar-refractivity contribution in [3.63, 3.8) is 0 Å². The summed E-state index contributed by atoms with van der Waals surface area (Å²) in [6.45, 7) is 23.3. The van der Waals surface area contributed by atoms with Gasteiger partial charge in [-0.1, -0.05) is 76.3 Å². The summed E-state index contributed by atoms with van der Waals surface area (Å²) in [5, 5.41) is 9.41. The van der Waals surface area contributed by atoms with Gasteiger partial charge in [-0.15, -0.1) is 0 Å². The summed E-state index contributed by atoms with van der Waals surface area (Å²) in [4.78, 5) is 0. The fraction of sp³-hybridized carbons (Fsp3) is 0.684. The molecule has 2 aliphatic heterocycles. The SMILES string of the molecule is C=C(CC(/C=C/C[C@@H](OCc1ccc(OC)cc1)[C@@H]1COC(C)(C)O1)O[Si](C)(C)C(C)(C)C)C[C@H](C)C[C@@H]1CC=C[C@@H](CCO)O1. The van der Waals surface area contributed by atoms with Gasteiger partial charge in [0.05, 0.1) is 44.7 Å². The maximum absolute atomic E-state index is 9.32. The predicted octanol–water partition coefficient (Wildman–Crippen LogP) is 8.53. The van der Waals surface area contributed by atoms with Gasteiger partial charge in [0, 0.05) is 13.0 Å². The van der Waals surface area contributed by atoms with Crippen molar-refractivity contribution in [1.82, 2.24) is 0 Å². The van der Waals surface area contributed by atoms with Crippen molar-refractivity contribution >= 4 is 8.32 Å². The second-order valence-corrected chi connectivity index (χ2v) is 19.9. The minimum Gasteiger partial charge on any atom is -0.497 e. The van der Waals surface area contributed by atoms with Gasteiger partial charge in [-0.3, -0.25) is 0 Å². The highest BCUT2D eigenvalue weighted by atomic mass is 28.4. The van der Waals surface area contributed by atoms with Crippen LogP contribution in [0.5, 0.6) is 5.75 Å². The predicted molar refractivity (Wildman–Crippen MR) is 189 cm³/mol. The third kappa shape index (κ3) is 12.7. The molecule has 1 aromatic rings. The lowest BCUT2D eigenvalue weighted by atomic mass is 9.91. The van der Waals surface area contributed by atoms with E-state index < -0.39 is 14.1 Å². The monoisotopic (exact) mass is 658 g/mol. The average molecular weight is 659 g/mol. The van der Waals surface area contributed by atoms with Crippen molar-refractivity contribution in [3.05, 3.63) is 66.3 Å². The molecule has 0 aromatic heterocycles. The number of hydrogen-bond acceptors (Lipinski definition) is 7. The molecule has 1 fully saturated rings. The van der Waals surface area contributed by atoms with E-state index in [4.69, 9.17) is 28.1 Å². The van der Waals surface area contributed by atoms with Gasteiger partial charge in [0.2, 0.25) is 0 Å². The molecule has 1 unspecified atom stereocenters. The van der Waals surface area contributed by atoms with Gasteiger partial charge in [0.15, 0.2) is 14.1 Å². The molecule has 0 saturated carbocycles. The average Bonchev–Trinajstić information content (AvgIpc) is 3.33. The minimum absolute atomic E-state index is 0.0166. The molecular formula is C38H62O7Si. The summed E-state index contributed by atoms with van der Waals surface area (Å²) in [5.74, 6) is 0.638. The van der Waals surface area contributed by atoms with Crippen molar-refractivity contribution < 1.29 is 33.2 Å². The first kappa shape index (κ1) is 38.7. The standard InChI is InChI=1S/C38H62O7Si/c1-28(24-33-14-11-13-32(43-33)21-22-39)23-29(2)25-34(45-46(9,10)37(3,4)5)15-12-16-35(36-27-42-38(6,7)44-36)41-26-30-17-19-31(40-8)20-18-30/h11-13,15,17-20,28,32-36,39H,2,14,16,21-27H2,1,3-10H3/b15-12+/t28-,32-,33-,34?,35+,36-/m0/s1. The molecule has 8 heteroatoms. The van der Waals surface area contributed by atoms with Crippen molar-refractivity contribution in [2.24, 2.45) is 5.92 Å². The maximum atomic E-state index is 9.32. The van der Waals surface area contributed by atoms with E-state index in [0.717, 1.165) is 37.0 Å². The van der Waals surface area contributed by atoms with Crippen molar-refractivity contribution in [1.29, 1.82) is 0 Å². The van der Waals surface area contributed by atoms with E-state index in [1.54, 1.807) is 7.11 Å². The smallest absolute Gasteiger partial charge is 0.192 e. The molecule has 7 nitrogen and oxygen atoms in total. The van der Waals surface area contributed by atoms with Crippen LogP contribution >= 0.6 is 0 Å². The fourth-order valence-electron chi connectivity index (χ4n) is 5.79. The molecule has 6 atom stereocenters. The van der Waals surface area contributed by atoms with Crippen LogP contribution < -0.4 is 4.74 Å². The summed E-state index contributed by atoms with van der Waals surface area (Å²) in [6.07, 6.45) is 13.4. The Morgan fingerprint density at radius 3 is 2.50 bits per heavy atom. The molecule has 0 aliphatic carbocycles. The zero-order valence-corrected chi connectivity index (χ0v) is 31.1. The zero-order chi connectivity index (χ0) is 34.0. The Labute approximate surface area is 280 Å². The Hall–Kier alpha value is -1.78. The molecule has 46 heavy (non-hydrogen) atoms. The Morgan fingerprint density at radius 1 is 1.17 bits per heavy atom. The molecular weight excluding hydrogens is 596 g/mol. The van der Waals surface area contributed by atoms with Crippen molar-refractivity contribution in [2.75, 3.05) is 20.3 Å². The van der Waals surface area contributed by atoms with Crippen LogP contribution in [0, 0.1) is 5.92 Å². The van der Waals surface area contributed by atoms with Gasteiger partial charge in [0.1, 0.15) is 11.9 Å². The highest BCUT2D eigenvalue weighted by Gasteiger charge is 2.40. The van der Waals surface area contributed by atoms with Crippen LogP contribution in [0.25, 0.3) is 0 Å². The normalized spacial score (nSPS) is 23.8. The van der Waals surface area contributed by atoms with Crippen LogP contribution in [0.1, 0.15) is 85.6 Å². The number of aliphatic hydroxyl groups is 1. The fourth-order valence-corrected chi connectivity index (χ4v) is 7.06. The van der Waals surface area contributed by atoms with Crippen LogP contribution in [0.4, 0.5) is 0 Å². The molecule has 1 saturated heterocycles. The molecule has 2 heterocycles. The molecule has 0 radical (unpaired) electrons. The van der Waals surface area contributed by atoms with Gasteiger partial charge in [-0.2, -0.15) is 0 Å². The maximum Gasteiger partial charge on any atom is 0.192 e. The zero-order valence-electron chi connectivity index (χ0n) is 30.1. The molecule has 1 N–H and O–H groups in total. The number of hydrogen-bond donors (Lipinski definition) is 1. The number of methoxy groups -OCH3 is 1. The van der Waals surface area contributed by atoms with Crippen molar-refractivity contribution in [2.45, 2.75) is 141 Å². The summed E-state index contributed by atoms with van der Waals surface area (Å²) in [7, 11) is -0.370. The van der Waals surface area contributed by atoms with Gasteiger partial charge in [0.25, 0.3) is 0 Å². The van der Waals surface area contributed by atoms with Gasteiger partial charge >= 0.3 is 0 Å². The summed E-state index contributed by atoms with van der Waals surface area (Å²) >= 11 is 0. The quantitative estimate of drug-likeness (QED) is 0.125. The summed E-state index contributed by atoms with van der Waals surface area (Å²) < 4.78 is 37.1. The van der Waals surface area contributed by atoms with Crippen molar-refractivity contribution in [3.8, 4) is 5.75 Å². The first-order valence-electron chi connectivity index (χ1n) is 17.1. The number of aliphatic hydroxyl groups excluding tert-OH is 1. The lowest BCUT2D eigenvalue weighted by Gasteiger charge is -2.39. The Balaban J connectivity index is 1.66. The van der Waals surface area contributed by atoms with Crippen LogP contribution in [0.15, 0.2) is 60.7 Å². The molecule has 0 bridgehead atoms.